The molecule has 196 valence electrons. The molecule has 0 aliphatic carbocycles. The first-order chi connectivity index (χ1) is 18.5. The Labute approximate surface area is 221 Å². The van der Waals surface area contributed by atoms with Crippen LogP contribution in [0.4, 0.5) is 0 Å². The highest BCUT2D eigenvalue weighted by molar-refractivity contribution is 6.02. The molecule has 4 aromatic rings. The Bertz CT molecular complexity index is 1480. The van der Waals surface area contributed by atoms with Crippen LogP contribution >= 0.6 is 0 Å². The van der Waals surface area contributed by atoms with E-state index < -0.39 is 5.54 Å². The second-order valence-corrected chi connectivity index (χ2v) is 9.85. The molecule has 2 heterocycles. The lowest BCUT2D eigenvalue weighted by Gasteiger charge is -2.37. The van der Waals surface area contributed by atoms with Gasteiger partial charge in [0.15, 0.2) is 0 Å². The van der Waals surface area contributed by atoms with Gasteiger partial charge in [0.25, 0.3) is 5.91 Å². The number of nitrogens with one attached hydrogen (secondary N) is 4. The maximum absolute atomic E-state index is 13.4. The molecular formula is C30H33N5O3. The lowest BCUT2D eigenvalue weighted by Crippen LogP contribution is -2.63. The zero-order valence-corrected chi connectivity index (χ0v) is 21.5. The predicted molar refractivity (Wildman–Crippen MR) is 149 cm³/mol. The average Bonchev–Trinajstić information content (AvgIpc) is 3.28. The second-order valence-electron chi connectivity index (χ2n) is 9.85. The maximum atomic E-state index is 13.4. The summed E-state index contributed by atoms with van der Waals surface area (Å²) in [6.07, 6.45) is 1.25. The highest BCUT2D eigenvalue weighted by Gasteiger charge is 2.41. The largest absolute Gasteiger partial charge is 0.354 e. The Morgan fingerprint density at radius 2 is 1.55 bits per heavy atom. The van der Waals surface area contributed by atoms with E-state index in [0.717, 1.165) is 27.2 Å². The van der Waals surface area contributed by atoms with E-state index in [9.17, 15) is 14.4 Å². The van der Waals surface area contributed by atoms with Crippen LogP contribution in [0.2, 0.25) is 0 Å². The van der Waals surface area contributed by atoms with Crippen LogP contribution in [0.3, 0.4) is 0 Å². The first-order valence-corrected chi connectivity index (χ1v) is 13.1. The first kappa shape index (κ1) is 25.5. The molecule has 8 nitrogen and oxygen atoms in total. The molecule has 4 N–H and O–H groups in total. The molecule has 8 heteroatoms. The molecule has 3 aromatic carbocycles. The van der Waals surface area contributed by atoms with Crippen LogP contribution < -0.4 is 21.3 Å². The number of carbonyl (C=O) groups excluding carboxylic acids is 3. The van der Waals surface area contributed by atoms with Gasteiger partial charge in [-0.2, -0.15) is 0 Å². The predicted octanol–water partition coefficient (Wildman–Crippen LogP) is 2.66. The van der Waals surface area contributed by atoms with Gasteiger partial charge in [0.1, 0.15) is 11.2 Å². The van der Waals surface area contributed by atoms with Crippen LogP contribution in [-0.4, -0.2) is 54.0 Å². The van der Waals surface area contributed by atoms with Gasteiger partial charge in [0.05, 0.1) is 6.42 Å². The van der Waals surface area contributed by atoms with Crippen molar-refractivity contribution in [1.82, 2.24) is 25.8 Å². The van der Waals surface area contributed by atoms with Crippen molar-refractivity contribution in [2.24, 2.45) is 7.05 Å². The molecule has 3 amide bonds. The summed E-state index contributed by atoms with van der Waals surface area (Å²) in [5.74, 6) is -0.602. The number of carbonyl (C=O) groups is 3. The zero-order chi connectivity index (χ0) is 26.5. The Morgan fingerprint density at radius 3 is 2.34 bits per heavy atom. The number of aryl methyl sites for hydroxylation is 1. The first-order valence-electron chi connectivity index (χ1n) is 13.1. The maximum Gasteiger partial charge on any atom is 0.268 e. The molecule has 38 heavy (non-hydrogen) atoms. The Morgan fingerprint density at radius 1 is 0.868 bits per heavy atom. The van der Waals surface area contributed by atoms with Crippen LogP contribution in [0, 0.1) is 0 Å². The van der Waals surface area contributed by atoms with Crippen molar-refractivity contribution >= 4 is 39.4 Å². The number of hydrogen-bond acceptors (Lipinski definition) is 4. The molecule has 1 aliphatic heterocycles. The minimum atomic E-state index is -1.01. The minimum absolute atomic E-state index is 0.101. The van der Waals surface area contributed by atoms with E-state index in [0.29, 0.717) is 38.2 Å². The summed E-state index contributed by atoms with van der Waals surface area (Å²) in [5.41, 5.74) is 1.43. The summed E-state index contributed by atoms with van der Waals surface area (Å²) in [5, 5.41) is 15.3. The van der Waals surface area contributed by atoms with Crippen LogP contribution in [0.15, 0.2) is 72.8 Å². The second kappa shape index (κ2) is 11.1. The van der Waals surface area contributed by atoms with E-state index in [4.69, 9.17) is 0 Å². The number of fused-ring (bicyclic) bond motifs is 2. The highest BCUT2D eigenvalue weighted by atomic mass is 16.2. The fourth-order valence-corrected chi connectivity index (χ4v) is 5.28. The van der Waals surface area contributed by atoms with Crippen LogP contribution in [0.25, 0.3) is 21.7 Å². The summed E-state index contributed by atoms with van der Waals surface area (Å²) >= 11 is 0. The number of rotatable bonds is 8. The Kier molecular flexibility index (Phi) is 7.42. The number of piperidine rings is 1. The lowest BCUT2D eigenvalue weighted by molar-refractivity contribution is -0.128. The van der Waals surface area contributed by atoms with Crippen molar-refractivity contribution in [3.63, 3.8) is 0 Å². The smallest absolute Gasteiger partial charge is 0.268 e. The van der Waals surface area contributed by atoms with E-state index >= 15 is 0 Å². The quantitative estimate of drug-likeness (QED) is 0.273. The van der Waals surface area contributed by atoms with E-state index in [1.165, 1.54) is 0 Å². The number of nitrogens with zero attached hydrogens (tertiary/aromatic N) is 1. The van der Waals surface area contributed by atoms with Crippen molar-refractivity contribution < 1.29 is 14.4 Å². The summed E-state index contributed by atoms with van der Waals surface area (Å²) < 4.78 is 1.85. The average molecular weight is 512 g/mol. The minimum Gasteiger partial charge on any atom is -0.354 e. The van der Waals surface area contributed by atoms with Gasteiger partial charge in [-0.3, -0.25) is 14.4 Å². The van der Waals surface area contributed by atoms with Gasteiger partial charge in [-0.15, -0.1) is 0 Å². The van der Waals surface area contributed by atoms with E-state index in [1.54, 1.807) is 0 Å². The van der Waals surface area contributed by atoms with Crippen LogP contribution in [0.1, 0.15) is 28.9 Å². The molecule has 0 bridgehead atoms. The Balaban J connectivity index is 1.18. The summed E-state index contributed by atoms with van der Waals surface area (Å²) in [4.78, 5) is 39.2. The van der Waals surface area contributed by atoms with E-state index in [1.807, 2.05) is 84.4 Å². The highest BCUT2D eigenvalue weighted by Crippen LogP contribution is 2.23. The monoisotopic (exact) mass is 511 g/mol. The summed E-state index contributed by atoms with van der Waals surface area (Å²) in [6.45, 7) is 1.84. The molecule has 1 aromatic heterocycles. The van der Waals surface area contributed by atoms with Gasteiger partial charge >= 0.3 is 0 Å². The van der Waals surface area contributed by atoms with E-state index in [-0.39, 0.29) is 30.7 Å². The van der Waals surface area contributed by atoms with Crippen LogP contribution in [-0.2, 0) is 23.1 Å². The summed E-state index contributed by atoms with van der Waals surface area (Å²) in [7, 11) is 1.85. The van der Waals surface area contributed by atoms with Gasteiger partial charge in [0, 0.05) is 31.0 Å². The zero-order valence-electron chi connectivity index (χ0n) is 21.5. The molecule has 1 fully saturated rings. The van der Waals surface area contributed by atoms with Crippen molar-refractivity contribution in [3.8, 4) is 0 Å². The van der Waals surface area contributed by atoms with Gasteiger partial charge < -0.3 is 25.8 Å². The number of benzene rings is 3. The molecular weight excluding hydrogens is 478 g/mol. The van der Waals surface area contributed by atoms with Crippen molar-refractivity contribution in [2.45, 2.75) is 24.8 Å². The Hall–Kier alpha value is -4.17. The lowest BCUT2D eigenvalue weighted by atomic mass is 9.87. The van der Waals surface area contributed by atoms with Crippen molar-refractivity contribution in [1.29, 1.82) is 0 Å². The molecule has 1 aliphatic rings. The topological polar surface area (TPSA) is 104 Å². The number of para-hydroxylation sites is 1. The van der Waals surface area contributed by atoms with Gasteiger partial charge in [0.2, 0.25) is 11.8 Å². The summed E-state index contributed by atoms with van der Waals surface area (Å²) in [6, 6.07) is 23.6. The van der Waals surface area contributed by atoms with Gasteiger partial charge in [-0.1, -0.05) is 60.7 Å². The van der Waals surface area contributed by atoms with Gasteiger partial charge in [-0.05, 0) is 54.4 Å². The number of aromatic nitrogens is 1. The SMILES string of the molecule is Cn1c(C(=O)NC2(C(=O)NCCNC(=O)Cc3cccc4ccccc34)CCNCC2)cc2ccccc21. The fourth-order valence-electron chi connectivity index (χ4n) is 5.28. The molecule has 0 atom stereocenters. The number of hydrogen-bond donors (Lipinski definition) is 4. The van der Waals surface area contributed by atoms with Crippen molar-refractivity contribution in [2.75, 3.05) is 26.2 Å². The normalized spacial score (nSPS) is 14.8. The molecule has 5 rings (SSSR count). The third-order valence-electron chi connectivity index (χ3n) is 7.39. The molecule has 0 radical (unpaired) electrons. The van der Waals surface area contributed by atoms with E-state index in [2.05, 4.69) is 21.3 Å². The fraction of sp³-hybridized carbons (Fsp3) is 0.300. The molecule has 1 saturated heterocycles. The molecule has 0 saturated carbocycles. The molecule has 0 spiro atoms. The molecule has 0 unspecified atom stereocenters. The third-order valence-corrected chi connectivity index (χ3v) is 7.39. The van der Waals surface area contributed by atoms with Crippen LogP contribution in [0.5, 0.6) is 0 Å². The number of amides is 3. The third kappa shape index (κ3) is 5.26. The van der Waals surface area contributed by atoms with Crippen molar-refractivity contribution in [3.05, 3.63) is 84.1 Å². The standard InChI is InChI=1S/C30H33N5O3/c1-35-25-12-5-3-8-23(25)19-26(35)28(37)34-30(13-15-31-16-14-30)29(38)33-18-17-32-27(36)20-22-10-6-9-21-7-2-4-11-24(21)22/h2-12,19,31H,13-18,20H2,1H3,(H,32,36)(H,33,38)(H,34,37). The van der Waals surface area contributed by atoms with Gasteiger partial charge in [-0.25, -0.2) is 0 Å².